The Labute approximate surface area is 102 Å². The number of hydrogen-bond acceptors (Lipinski definition) is 5. The molecular formula is C12H19N3O2. The second-order valence-electron chi connectivity index (χ2n) is 4.15. The van der Waals surface area contributed by atoms with E-state index < -0.39 is 0 Å². The molecule has 1 aliphatic rings. The van der Waals surface area contributed by atoms with Gasteiger partial charge in [0.25, 0.3) is 0 Å². The van der Waals surface area contributed by atoms with E-state index in [4.69, 9.17) is 9.47 Å². The minimum Gasteiger partial charge on any atom is -0.494 e. The highest BCUT2D eigenvalue weighted by molar-refractivity contribution is 5.26. The van der Waals surface area contributed by atoms with E-state index in [0.29, 0.717) is 24.4 Å². The molecule has 0 spiro atoms. The highest BCUT2D eigenvalue weighted by Gasteiger charge is 2.14. The Morgan fingerprint density at radius 3 is 2.65 bits per heavy atom. The van der Waals surface area contributed by atoms with Crippen LogP contribution in [-0.4, -0.2) is 36.3 Å². The van der Waals surface area contributed by atoms with Gasteiger partial charge >= 0.3 is 0 Å². The Balaban J connectivity index is 1.63. The predicted octanol–water partition coefficient (Wildman–Crippen LogP) is 1.86. The van der Waals surface area contributed by atoms with E-state index in [1.807, 2.05) is 0 Å². The summed E-state index contributed by atoms with van der Waals surface area (Å²) in [5.41, 5.74) is 0. The SMILES string of the molecule is COc1cnc(NCCOC2CCCC2)nc1. The Morgan fingerprint density at radius 2 is 2.00 bits per heavy atom. The first-order chi connectivity index (χ1) is 8.38. The number of nitrogens with one attached hydrogen (secondary N) is 1. The summed E-state index contributed by atoms with van der Waals surface area (Å²) in [4.78, 5) is 8.23. The lowest BCUT2D eigenvalue weighted by atomic mass is 10.3. The molecule has 17 heavy (non-hydrogen) atoms. The van der Waals surface area contributed by atoms with E-state index in [9.17, 15) is 0 Å². The summed E-state index contributed by atoms with van der Waals surface area (Å²) in [6, 6.07) is 0. The number of rotatable bonds is 6. The molecule has 1 saturated carbocycles. The van der Waals surface area contributed by atoms with Crippen molar-refractivity contribution in [1.82, 2.24) is 9.97 Å². The van der Waals surface area contributed by atoms with Crippen molar-refractivity contribution >= 4 is 5.95 Å². The maximum absolute atomic E-state index is 5.73. The molecule has 1 fully saturated rings. The maximum Gasteiger partial charge on any atom is 0.222 e. The summed E-state index contributed by atoms with van der Waals surface area (Å²) in [5.74, 6) is 1.28. The summed E-state index contributed by atoms with van der Waals surface area (Å²) < 4.78 is 10.7. The molecule has 1 heterocycles. The standard InChI is InChI=1S/C12H19N3O2/c1-16-11-8-14-12(15-9-11)13-6-7-17-10-4-2-3-5-10/h8-10H,2-7H2,1H3,(H,13,14,15). The third-order valence-corrected chi connectivity index (χ3v) is 2.90. The van der Waals surface area contributed by atoms with Gasteiger partial charge in [0, 0.05) is 6.54 Å². The Kier molecular flexibility index (Phi) is 4.55. The topological polar surface area (TPSA) is 56.3 Å². The summed E-state index contributed by atoms with van der Waals surface area (Å²) in [6.07, 6.45) is 8.78. The first-order valence-corrected chi connectivity index (χ1v) is 6.10. The van der Waals surface area contributed by atoms with Gasteiger partial charge in [0.15, 0.2) is 5.75 Å². The van der Waals surface area contributed by atoms with E-state index in [2.05, 4.69) is 15.3 Å². The van der Waals surface area contributed by atoms with Crippen LogP contribution in [0.25, 0.3) is 0 Å². The molecule has 0 saturated heterocycles. The maximum atomic E-state index is 5.73. The molecule has 0 unspecified atom stereocenters. The van der Waals surface area contributed by atoms with Crippen LogP contribution in [0.1, 0.15) is 25.7 Å². The van der Waals surface area contributed by atoms with Gasteiger partial charge < -0.3 is 14.8 Å². The quantitative estimate of drug-likeness (QED) is 0.765. The average molecular weight is 237 g/mol. The van der Waals surface area contributed by atoms with Crippen LogP contribution >= 0.6 is 0 Å². The molecule has 5 nitrogen and oxygen atoms in total. The molecule has 5 heteroatoms. The summed E-state index contributed by atoms with van der Waals surface area (Å²) in [5, 5.41) is 3.12. The van der Waals surface area contributed by atoms with Crippen molar-refractivity contribution in [3.05, 3.63) is 12.4 Å². The fraction of sp³-hybridized carbons (Fsp3) is 0.667. The molecule has 94 valence electrons. The van der Waals surface area contributed by atoms with Crippen LogP contribution in [-0.2, 0) is 4.74 Å². The zero-order valence-corrected chi connectivity index (χ0v) is 10.2. The Hall–Kier alpha value is -1.36. The summed E-state index contributed by atoms with van der Waals surface area (Å²) >= 11 is 0. The highest BCUT2D eigenvalue weighted by atomic mass is 16.5. The number of hydrogen-bond donors (Lipinski definition) is 1. The number of nitrogens with zero attached hydrogens (tertiary/aromatic N) is 2. The van der Waals surface area contributed by atoms with Crippen molar-refractivity contribution in [1.29, 1.82) is 0 Å². The molecule has 1 aromatic rings. The van der Waals surface area contributed by atoms with Gasteiger partial charge in [0.2, 0.25) is 5.95 Å². The van der Waals surface area contributed by atoms with Gasteiger partial charge in [0.05, 0.1) is 32.2 Å². The third-order valence-electron chi connectivity index (χ3n) is 2.90. The second kappa shape index (κ2) is 6.39. The lowest BCUT2D eigenvalue weighted by molar-refractivity contribution is 0.0658. The fourth-order valence-electron chi connectivity index (χ4n) is 1.96. The number of aromatic nitrogens is 2. The van der Waals surface area contributed by atoms with Crippen LogP contribution in [0.15, 0.2) is 12.4 Å². The molecule has 0 amide bonds. The van der Waals surface area contributed by atoms with Crippen LogP contribution in [0.3, 0.4) is 0 Å². The fourth-order valence-corrected chi connectivity index (χ4v) is 1.96. The average Bonchev–Trinajstić information content (AvgIpc) is 2.88. The van der Waals surface area contributed by atoms with Gasteiger partial charge in [-0.3, -0.25) is 0 Å². The van der Waals surface area contributed by atoms with Gasteiger partial charge in [-0.15, -0.1) is 0 Å². The Bertz CT molecular complexity index is 323. The van der Waals surface area contributed by atoms with Crippen molar-refractivity contribution in [3.63, 3.8) is 0 Å². The normalized spacial score (nSPS) is 16.1. The first kappa shape index (κ1) is 12.1. The molecule has 0 bridgehead atoms. The molecule has 1 aromatic heterocycles. The minimum absolute atomic E-state index is 0.466. The molecule has 2 rings (SSSR count). The van der Waals surface area contributed by atoms with Crippen LogP contribution in [0.2, 0.25) is 0 Å². The Morgan fingerprint density at radius 1 is 1.29 bits per heavy atom. The van der Waals surface area contributed by atoms with E-state index in [-0.39, 0.29) is 0 Å². The zero-order valence-electron chi connectivity index (χ0n) is 10.2. The molecule has 0 aromatic carbocycles. The zero-order chi connectivity index (χ0) is 11.9. The molecule has 1 N–H and O–H groups in total. The molecular weight excluding hydrogens is 218 g/mol. The second-order valence-corrected chi connectivity index (χ2v) is 4.15. The lowest BCUT2D eigenvalue weighted by Gasteiger charge is -2.11. The monoisotopic (exact) mass is 237 g/mol. The smallest absolute Gasteiger partial charge is 0.222 e. The van der Waals surface area contributed by atoms with Crippen LogP contribution in [0.5, 0.6) is 5.75 Å². The van der Waals surface area contributed by atoms with Crippen LogP contribution in [0, 0.1) is 0 Å². The van der Waals surface area contributed by atoms with Gasteiger partial charge in [-0.05, 0) is 12.8 Å². The number of ether oxygens (including phenoxy) is 2. The van der Waals surface area contributed by atoms with Crippen molar-refractivity contribution in [3.8, 4) is 5.75 Å². The van der Waals surface area contributed by atoms with Crippen molar-refractivity contribution in [2.45, 2.75) is 31.8 Å². The van der Waals surface area contributed by atoms with E-state index >= 15 is 0 Å². The molecule has 1 aliphatic carbocycles. The van der Waals surface area contributed by atoms with Crippen molar-refractivity contribution in [2.24, 2.45) is 0 Å². The number of anilines is 1. The lowest BCUT2D eigenvalue weighted by Crippen LogP contribution is -2.16. The van der Waals surface area contributed by atoms with Crippen molar-refractivity contribution < 1.29 is 9.47 Å². The predicted molar refractivity (Wildman–Crippen MR) is 65.3 cm³/mol. The van der Waals surface area contributed by atoms with Crippen LogP contribution < -0.4 is 10.1 Å². The van der Waals surface area contributed by atoms with Gasteiger partial charge in [-0.2, -0.15) is 0 Å². The minimum atomic E-state index is 0.466. The van der Waals surface area contributed by atoms with Gasteiger partial charge in [-0.25, -0.2) is 9.97 Å². The summed E-state index contributed by atoms with van der Waals surface area (Å²) in [7, 11) is 1.60. The van der Waals surface area contributed by atoms with E-state index in [1.165, 1.54) is 25.7 Å². The molecule has 0 radical (unpaired) electrons. The molecule has 0 aliphatic heterocycles. The number of methoxy groups -OCH3 is 1. The largest absolute Gasteiger partial charge is 0.494 e. The van der Waals surface area contributed by atoms with Crippen molar-refractivity contribution in [2.75, 3.05) is 25.6 Å². The van der Waals surface area contributed by atoms with E-state index in [1.54, 1.807) is 19.5 Å². The van der Waals surface area contributed by atoms with Crippen LogP contribution in [0.4, 0.5) is 5.95 Å². The van der Waals surface area contributed by atoms with Gasteiger partial charge in [-0.1, -0.05) is 12.8 Å². The van der Waals surface area contributed by atoms with E-state index in [0.717, 1.165) is 6.54 Å². The first-order valence-electron chi connectivity index (χ1n) is 6.10. The molecule has 0 atom stereocenters. The highest BCUT2D eigenvalue weighted by Crippen LogP contribution is 2.20. The third kappa shape index (κ3) is 3.85. The van der Waals surface area contributed by atoms with Gasteiger partial charge in [0.1, 0.15) is 0 Å². The summed E-state index contributed by atoms with van der Waals surface area (Å²) in [6.45, 7) is 1.45.